The van der Waals surface area contributed by atoms with Crippen molar-refractivity contribution in [1.29, 1.82) is 0 Å². The van der Waals surface area contributed by atoms with Gasteiger partial charge in [-0.15, -0.1) is 0 Å². The van der Waals surface area contributed by atoms with Crippen LogP contribution in [0, 0.1) is 0 Å². The average Bonchev–Trinajstić information content (AvgIpc) is 2.80. The number of fused-ring (bicyclic) bond motifs is 2. The van der Waals surface area contributed by atoms with Gasteiger partial charge >= 0.3 is 0 Å². The molecule has 2 aromatic carbocycles. The SMILES string of the molecule is O=C1CC(c2ccccc2)OC2(C1)C(=O)Nc1ccccc12. The fourth-order valence-corrected chi connectivity index (χ4v) is 3.32. The summed E-state index contributed by atoms with van der Waals surface area (Å²) in [5.74, 6) is -0.199. The molecule has 4 nitrogen and oxygen atoms in total. The number of ketones is 1. The Labute approximate surface area is 128 Å². The van der Waals surface area contributed by atoms with Gasteiger partial charge in [0, 0.05) is 24.1 Å². The smallest absolute Gasteiger partial charge is 0.261 e. The van der Waals surface area contributed by atoms with Crippen LogP contribution in [0.2, 0.25) is 0 Å². The fraction of sp³-hybridized carbons (Fsp3) is 0.222. The molecule has 1 fully saturated rings. The molecule has 22 heavy (non-hydrogen) atoms. The van der Waals surface area contributed by atoms with Crippen molar-refractivity contribution in [3.05, 3.63) is 65.7 Å². The highest BCUT2D eigenvalue weighted by Gasteiger charge is 2.53. The van der Waals surface area contributed by atoms with Gasteiger partial charge in [-0.3, -0.25) is 9.59 Å². The molecule has 2 atom stereocenters. The molecule has 4 heteroatoms. The van der Waals surface area contributed by atoms with Gasteiger partial charge in [-0.25, -0.2) is 0 Å². The van der Waals surface area contributed by atoms with E-state index in [1.165, 1.54) is 0 Å². The van der Waals surface area contributed by atoms with Crippen LogP contribution in [-0.2, 0) is 19.9 Å². The molecule has 0 saturated carbocycles. The van der Waals surface area contributed by atoms with Crippen molar-refractivity contribution in [2.45, 2.75) is 24.5 Å². The number of carbonyl (C=O) groups excluding carboxylic acids is 2. The summed E-state index contributed by atoms with van der Waals surface area (Å²) >= 11 is 0. The summed E-state index contributed by atoms with van der Waals surface area (Å²) in [6.45, 7) is 0. The molecule has 0 aliphatic carbocycles. The topological polar surface area (TPSA) is 55.4 Å². The number of ether oxygens (including phenoxy) is 1. The molecule has 2 heterocycles. The number of nitrogens with one attached hydrogen (secondary N) is 1. The first-order chi connectivity index (χ1) is 10.7. The monoisotopic (exact) mass is 293 g/mol. The zero-order valence-electron chi connectivity index (χ0n) is 11.9. The Morgan fingerprint density at radius 2 is 1.73 bits per heavy atom. The van der Waals surface area contributed by atoms with E-state index in [-0.39, 0.29) is 24.2 Å². The molecule has 4 rings (SSSR count). The summed E-state index contributed by atoms with van der Waals surface area (Å²) in [6.07, 6.45) is 0.0137. The maximum Gasteiger partial charge on any atom is 0.261 e. The number of benzene rings is 2. The molecule has 1 amide bonds. The molecule has 2 aromatic rings. The van der Waals surface area contributed by atoms with Crippen LogP contribution in [0.1, 0.15) is 30.1 Å². The van der Waals surface area contributed by atoms with E-state index in [1.807, 2.05) is 54.6 Å². The molecule has 110 valence electrons. The van der Waals surface area contributed by atoms with Crippen LogP contribution < -0.4 is 5.32 Å². The zero-order valence-corrected chi connectivity index (χ0v) is 11.9. The van der Waals surface area contributed by atoms with Gasteiger partial charge in [0.1, 0.15) is 5.78 Å². The van der Waals surface area contributed by atoms with Crippen molar-refractivity contribution in [3.63, 3.8) is 0 Å². The van der Waals surface area contributed by atoms with E-state index in [0.29, 0.717) is 6.42 Å². The van der Waals surface area contributed by atoms with Crippen LogP contribution in [-0.4, -0.2) is 11.7 Å². The summed E-state index contributed by atoms with van der Waals surface area (Å²) < 4.78 is 6.20. The second kappa shape index (κ2) is 4.78. The van der Waals surface area contributed by atoms with E-state index in [2.05, 4.69) is 5.32 Å². The molecule has 0 bridgehead atoms. The molecule has 0 aromatic heterocycles. The number of para-hydroxylation sites is 1. The highest BCUT2D eigenvalue weighted by molar-refractivity contribution is 6.07. The Balaban J connectivity index is 1.79. The van der Waals surface area contributed by atoms with Crippen molar-refractivity contribution < 1.29 is 14.3 Å². The van der Waals surface area contributed by atoms with Crippen LogP contribution in [0.5, 0.6) is 0 Å². The maximum absolute atomic E-state index is 12.5. The third kappa shape index (κ3) is 1.88. The Hall–Kier alpha value is -2.46. The quantitative estimate of drug-likeness (QED) is 0.879. The minimum absolute atomic E-state index is 0.0481. The van der Waals surface area contributed by atoms with E-state index >= 15 is 0 Å². The first-order valence-electron chi connectivity index (χ1n) is 7.34. The lowest BCUT2D eigenvalue weighted by molar-refractivity contribution is -0.170. The van der Waals surface area contributed by atoms with Crippen LogP contribution in [0.3, 0.4) is 0 Å². The minimum Gasteiger partial charge on any atom is -0.351 e. The van der Waals surface area contributed by atoms with E-state index in [0.717, 1.165) is 16.8 Å². The molecule has 2 aliphatic heterocycles. The number of anilines is 1. The Bertz CT molecular complexity index is 756. The third-order valence-corrected chi connectivity index (χ3v) is 4.35. The zero-order chi connectivity index (χ0) is 15.2. The Morgan fingerprint density at radius 3 is 2.55 bits per heavy atom. The molecule has 1 spiro atoms. The minimum atomic E-state index is -1.19. The first-order valence-corrected chi connectivity index (χ1v) is 7.34. The average molecular weight is 293 g/mol. The van der Waals surface area contributed by atoms with Crippen LogP contribution in [0.15, 0.2) is 54.6 Å². The first kappa shape index (κ1) is 13.2. The Morgan fingerprint density at radius 1 is 1.00 bits per heavy atom. The van der Waals surface area contributed by atoms with Gasteiger partial charge in [-0.05, 0) is 11.6 Å². The lowest BCUT2D eigenvalue weighted by Crippen LogP contribution is -2.44. The molecular weight excluding hydrogens is 278 g/mol. The molecule has 1 saturated heterocycles. The largest absolute Gasteiger partial charge is 0.351 e. The summed E-state index contributed by atoms with van der Waals surface area (Å²) in [5, 5.41) is 2.83. The van der Waals surface area contributed by atoms with Crippen molar-refractivity contribution >= 4 is 17.4 Å². The van der Waals surface area contributed by atoms with Gasteiger partial charge in [-0.1, -0.05) is 48.5 Å². The van der Waals surface area contributed by atoms with Crippen LogP contribution in [0.25, 0.3) is 0 Å². The van der Waals surface area contributed by atoms with Gasteiger partial charge in [0.2, 0.25) is 0 Å². The molecule has 2 unspecified atom stereocenters. The standard InChI is InChI=1S/C18H15NO3/c20-13-10-16(12-6-2-1-3-7-12)22-18(11-13)14-8-4-5-9-15(14)19-17(18)21/h1-9,16H,10-11H2,(H,19,21). The highest BCUT2D eigenvalue weighted by Crippen LogP contribution is 2.48. The molecule has 1 N–H and O–H groups in total. The summed E-state index contributed by atoms with van der Waals surface area (Å²) in [5.41, 5.74) is 1.22. The van der Waals surface area contributed by atoms with E-state index in [1.54, 1.807) is 0 Å². The van der Waals surface area contributed by atoms with E-state index in [9.17, 15) is 9.59 Å². The van der Waals surface area contributed by atoms with Crippen molar-refractivity contribution in [1.82, 2.24) is 0 Å². The van der Waals surface area contributed by atoms with Gasteiger partial charge in [0.25, 0.3) is 5.91 Å². The van der Waals surface area contributed by atoms with Crippen molar-refractivity contribution in [3.8, 4) is 0 Å². The number of carbonyl (C=O) groups is 2. The normalized spacial score (nSPS) is 26.8. The number of Topliss-reactive ketones (excluding diaryl/α,β-unsaturated/α-hetero) is 1. The van der Waals surface area contributed by atoms with Crippen LogP contribution in [0.4, 0.5) is 5.69 Å². The van der Waals surface area contributed by atoms with Gasteiger partial charge < -0.3 is 10.1 Å². The van der Waals surface area contributed by atoms with E-state index in [4.69, 9.17) is 4.74 Å². The predicted molar refractivity (Wildman–Crippen MR) is 81.3 cm³/mol. The van der Waals surface area contributed by atoms with Crippen molar-refractivity contribution in [2.75, 3.05) is 5.32 Å². The van der Waals surface area contributed by atoms with Gasteiger partial charge in [-0.2, -0.15) is 0 Å². The summed E-state index contributed by atoms with van der Waals surface area (Å²) in [7, 11) is 0. The lowest BCUT2D eigenvalue weighted by atomic mass is 9.84. The number of amides is 1. The van der Waals surface area contributed by atoms with Gasteiger partial charge in [0.15, 0.2) is 5.60 Å². The lowest BCUT2D eigenvalue weighted by Gasteiger charge is -2.36. The molecule has 0 radical (unpaired) electrons. The van der Waals surface area contributed by atoms with Gasteiger partial charge in [0.05, 0.1) is 6.10 Å². The number of hydrogen-bond acceptors (Lipinski definition) is 3. The summed E-state index contributed by atoms with van der Waals surface area (Å²) in [4.78, 5) is 24.8. The number of hydrogen-bond donors (Lipinski definition) is 1. The van der Waals surface area contributed by atoms with Crippen molar-refractivity contribution in [2.24, 2.45) is 0 Å². The maximum atomic E-state index is 12.5. The summed E-state index contributed by atoms with van der Waals surface area (Å²) in [6, 6.07) is 17.0. The van der Waals surface area contributed by atoms with E-state index < -0.39 is 5.60 Å². The third-order valence-electron chi connectivity index (χ3n) is 4.35. The second-order valence-corrected chi connectivity index (χ2v) is 5.76. The fourth-order valence-electron chi connectivity index (χ4n) is 3.32. The molecule has 2 aliphatic rings. The number of rotatable bonds is 1. The molecular formula is C18H15NO3. The Kier molecular flexibility index (Phi) is 2.87. The highest BCUT2D eigenvalue weighted by atomic mass is 16.5. The van der Waals surface area contributed by atoms with Crippen LogP contribution >= 0.6 is 0 Å². The second-order valence-electron chi connectivity index (χ2n) is 5.76. The predicted octanol–water partition coefficient (Wildman–Crippen LogP) is 2.95.